The van der Waals surface area contributed by atoms with Crippen molar-refractivity contribution >= 4 is 12.4 Å². The standard InChI is InChI=1S/C11H8F9N.ClH/c12-9(13,14)4-8(21)5-1-6(10(15,16)17)3-7(2-5)11(18,19)20;/h1-3,8H,4,21H2;1H/t8-;/m1./s1. The highest BCUT2D eigenvalue weighted by Crippen LogP contribution is 2.38. The van der Waals surface area contributed by atoms with Crippen molar-refractivity contribution < 1.29 is 39.5 Å². The first-order valence-corrected chi connectivity index (χ1v) is 5.32. The number of nitrogens with two attached hydrogens (primary N) is 1. The molecule has 1 atom stereocenters. The summed E-state index contributed by atoms with van der Waals surface area (Å²) in [6.07, 6.45) is -16.8. The van der Waals surface area contributed by atoms with Gasteiger partial charge < -0.3 is 5.73 Å². The zero-order valence-electron chi connectivity index (χ0n) is 10.4. The Kier molecular flexibility index (Phi) is 6.19. The summed E-state index contributed by atoms with van der Waals surface area (Å²) in [5, 5.41) is 0. The summed E-state index contributed by atoms with van der Waals surface area (Å²) < 4.78 is 111. The SMILES string of the molecule is Cl.N[C@H](CC(F)(F)F)c1cc(C(F)(F)F)cc(C(F)(F)F)c1. The molecule has 0 heterocycles. The molecular weight excluding hydrogens is 353 g/mol. The van der Waals surface area contributed by atoms with Gasteiger partial charge in [0.15, 0.2) is 0 Å². The maximum absolute atomic E-state index is 12.5. The highest BCUT2D eigenvalue weighted by molar-refractivity contribution is 5.85. The van der Waals surface area contributed by atoms with Crippen LogP contribution in [-0.2, 0) is 12.4 Å². The average molecular weight is 362 g/mol. The van der Waals surface area contributed by atoms with Gasteiger partial charge in [-0.15, -0.1) is 12.4 Å². The molecule has 0 unspecified atom stereocenters. The minimum Gasteiger partial charge on any atom is -0.324 e. The van der Waals surface area contributed by atoms with Crippen LogP contribution in [0.15, 0.2) is 18.2 Å². The fourth-order valence-electron chi connectivity index (χ4n) is 1.56. The number of halogens is 10. The third-order valence-electron chi connectivity index (χ3n) is 2.49. The second-order valence-corrected chi connectivity index (χ2v) is 4.27. The Morgan fingerprint density at radius 2 is 1.14 bits per heavy atom. The van der Waals surface area contributed by atoms with Crippen molar-refractivity contribution in [3.8, 4) is 0 Å². The summed E-state index contributed by atoms with van der Waals surface area (Å²) in [5.41, 5.74) is 0.763. The summed E-state index contributed by atoms with van der Waals surface area (Å²) in [7, 11) is 0. The van der Waals surface area contributed by atoms with Crippen LogP contribution in [0.1, 0.15) is 29.2 Å². The summed E-state index contributed by atoms with van der Waals surface area (Å²) in [5.74, 6) is 0. The van der Waals surface area contributed by atoms with Crippen molar-refractivity contribution in [2.24, 2.45) is 5.73 Å². The van der Waals surface area contributed by atoms with E-state index >= 15 is 0 Å². The van der Waals surface area contributed by atoms with Crippen molar-refractivity contribution in [3.63, 3.8) is 0 Å². The molecule has 0 bridgehead atoms. The molecule has 0 radical (unpaired) electrons. The van der Waals surface area contributed by atoms with Crippen LogP contribution in [0.4, 0.5) is 39.5 Å². The molecule has 1 nitrogen and oxygen atoms in total. The van der Waals surface area contributed by atoms with Crippen LogP contribution in [0, 0.1) is 0 Å². The molecule has 1 rings (SSSR count). The molecule has 22 heavy (non-hydrogen) atoms. The van der Waals surface area contributed by atoms with Crippen molar-refractivity contribution in [3.05, 3.63) is 34.9 Å². The number of hydrogen-bond donors (Lipinski definition) is 1. The summed E-state index contributed by atoms with van der Waals surface area (Å²) in [6, 6.07) is -1.82. The van der Waals surface area contributed by atoms with E-state index in [4.69, 9.17) is 5.73 Å². The van der Waals surface area contributed by atoms with Crippen molar-refractivity contribution in [2.45, 2.75) is 31.0 Å². The first kappa shape index (κ1) is 20.8. The molecule has 0 fully saturated rings. The summed E-state index contributed by atoms with van der Waals surface area (Å²) in [4.78, 5) is 0. The van der Waals surface area contributed by atoms with Crippen LogP contribution in [0.5, 0.6) is 0 Å². The molecule has 11 heteroatoms. The molecule has 0 saturated heterocycles. The van der Waals surface area contributed by atoms with Gasteiger partial charge in [0.05, 0.1) is 17.5 Å². The number of benzene rings is 1. The molecule has 0 aliphatic rings. The second-order valence-electron chi connectivity index (χ2n) is 4.27. The Morgan fingerprint density at radius 3 is 1.41 bits per heavy atom. The fourth-order valence-corrected chi connectivity index (χ4v) is 1.56. The van der Waals surface area contributed by atoms with Gasteiger partial charge in [0.25, 0.3) is 0 Å². The predicted octanol–water partition coefficient (Wildman–Crippen LogP) is 5.10. The molecule has 128 valence electrons. The Hall–Kier alpha value is -1.16. The molecule has 0 amide bonds. The van der Waals surface area contributed by atoms with Crippen molar-refractivity contribution in [1.29, 1.82) is 0 Å². The molecule has 0 aliphatic heterocycles. The molecular formula is C11H9ClF9N. The topological polar surface area (TPSA) is 26.0 Å². The van der Waals surface area contributed by atoms with E-state index < -0.39 is 47.7 Å². The number of rotatable bonds is 2. The number of hydrogen-bond acceptors (Lipinski definition) is 1. The predicted molar refractivity (Wildman–Crippen MR) is 61.3 cm³/mol. The van der Waals surface area contributed by atoms with Crippen LogP contribution in [-0.4, -0.2) is 6.18 Å². The molecule has 0 aromatic heterocycles. The Balaban J connectivity index is 0.00000441. The lowest BCUT2D eigenvalue weighted by molar-refractivity contribution is -0.143. The second kappa shape index (κ2) is 6.53. The van der Waals surface area contributed by atoms with Crippen LogP contribution in [0.2, 0.25) is 0 Å². The Bertz CT molecular complexity index is 472. The lowest BCUT2D eigenvalue weighted by atomic mass is 9.98. The minimum absolute atomic E-state index is 0. The molecule has 1 aromatic carbocycles. The van der Waals surface area contributed by atoms with Gasteiger partial charge in [0, 0.05) is 6.04 Å². The van der Waals surface area contributed by atoms with Gasteiger partial charge in [-0.3, -0.25) is 0 Å². The van der Waals surface area contributed by atoms with Gasteiger partial charge in [0.1, 0.15) is 0 Å². The zero-order valence-corrected chi connectivity index (χ0v) is 11.2. The quantitative estimate of drug-likeness (QED) is 0.729. The summed E-state index contributed by atoms with van der Waals surface area (Å²) >= 11 is 0. The molecule has 2 N–H and O–H groups in total. The largest absolute Gasteiger partial charge is 0.416 e. The van der Waals surface area contributed by atoms with E-state index in [1.165, 1.54) is 0 Å². The first-order valence-electron chi connectivity index (χ1n) is 5.32. The van der Waals surface area contributed by atoms with Gasteiger partial charge in [-0.25, -0.2) is 0 Å². The van der Waals surface area contributed by atoms with Crippen LogP contribution in [0.3, 0.4) is 0 Å². The summed E-state index contributed by atoms with van der Waals surface area (Å²) in [6.45, 7) is 0. The smallest absolute Gasteiger partial charge is 0.324 e. The molecule has 0 spiro atoms. The van der Waals surface area contributed by atoms with E-state index in [-0.39, 0.29) is 30.6 Å². The Labute approximate surface area is 124 Å². The highest BCUT2D eigenvalue weighted by atomic mass is 35.5. The lowest BCUT2D eigenvalue weighted by Crippen LogP contribution is -2.22. The average Bonchev–Trinajstić information content (AvgIpc) is 2.23. The maximum Gasteiger partial charge on any atom is 0.416 e. The normalized spacial score (nSPS) is 14.5. The van der Waals surface area contributed by atoms with E-state index in [0.29, 0.717) is 0 Å². The van der Waals surface area contributed by atoms with E-state index in [2.05, 4.69) is 0 Å². The van der Waals surface area contributed by atoms with Gasteiger partial charge in [-0.1, -0.05) is 0 Å². The van der Waals surface area contributed by atoms with E-state index in [1.54, 1.807) is 0 Å². The van der Waals surface area contributed by atoms with E-state index in [1.807, 2.05) is 0 Å². The van der Waals surface area contributed by atoms with Crippen molar-refractivity contribution in [2.75, 3.05) is 0 Å². The maximum atomic E-state index is 12.5. The molecule has 0 aliphatic carbocycles. The van der Waals surface area contributed by atoms with E-state index in [0.717, 1.165) is 0 Å². The zero-order chi connectivity index (χ0) is 16.6. The van der Waals surface area contributed by atoms with E-state index in [9.17, 15) is 39.5 Å². The van der Waals surface area contributed by atoms with Gasteiger partial charge in [-0.2, -0.15) is 39.5 Å². The van der Waals surface area contributed by atoms with Crippen LogP contribution >= 0.6 is 12.4 Å². The third kappa shape index (κ3) is 5.91. The van der Waals surface area contributed by atoms with Crippen LogP contribution in [0.25, 0.3) is 0 Å². The monoisotopic (exact) mass is 361 g/mol. The van der Waals surface area contributed by atoms with Gasteiger partial charge in [0.2, 0.25) is 0 Å². The fraction of sp³-hybridized carbons (Fsp3) is 0.455. The number of alkyl halides is 9. The lowest BCUT2D eigenvalue weighted by Gasteiger charge is -2.18. The molecule has 0 saturated carbocycles. The van der Waals surface area contributed by atoms with Gasteiger partial charge >= 0.3 is 18.5 Å². The first-order chi connectivity index (χ1) is 9.20. The minimum atomic E-state index is -5.13. The van der Waals surface area contributed by atoms with Gasteiger partial charge in [-0.05, 0) is 23.8 Å². The van der Waals surface area contributed by atoms with Crippen LogP contribution < -0.4 is 5.73 Å². The molecule has 1 aromatic rings. The Morgan fingerprint density at radius 1 is 0.773 bits per heavy atom. The van der Waals surface area contributed by atoms with Crippen molar-refractivity contribution in [1.82, 2.24) is 0 Å². The third-order valence-corrected chi connectivity index (χ3v) is 2.49. The highest BCUT2D eigenvalue weighted by Gasteiger charge is 2.38.